The number of nitrogens with two attached hydrogens (primary N) is 1. The number of nitrogens with one attached hydrogen (secondary N) is 2. The molecule has 0 spiro atoms. The van der Waals surface area contributed by atoms with Crippen LogP contribution in [0.2, 0.25) is 0 Å². The second kappa shape index (κ2) is 4.29. The van der Waals surface area contributed by atoms with E-state index in [1.807, 2.05) is 6.92 Å². The Morgan fingerprint density at radius 1 is 1.89 bits per heavy atom. The van der Waals surface area contributed by atoms with Crippen molar-refractivity contribution in [1.82, 2.24) is 10.7 Å². The summed E-state index contributed by atoms with van der Waals surface area (Å²) in [6, 6.07) is 0.161. The van der Waals surface area contributed by atoms with Crippen LogP contribution in [-0.4, -0.2) is 11.2 Å². The van der Waals surface area contributed by atoms with Gasteiger partial charge in [-0.2, -0.15) is 0 Å². The lowest BCUT2D eigenvalue weighted by Gasteiger charge is -2.09. The largest absolute Gasteiger partial charge is 0.356 e. The maximum Gasteiger partial charge on any atom is 0.181 e. The maximum absolute atomic E-state index is 4.99. The van der Waals surface area contributed by atoms with Gasteiger partial charge in [-0.3, -0.25) is 0 Å². The summed E-state index contributed by atoms with van der Waals surface area (Å²) in [7, 11) is 0. The van der Waals surface area contributed by atoms with Crippen LogP contribution in [-0.2, 0) is 0 Å². The van der Waals surface area contributed by atoms with E-state index in [1.165, 1.54) is 0 Å². The number of hydrogen-bond donors (Lipinski definition) is 3. The third-order valence-electron chi connectivity index (χ3n) is 0.843. The molecule has 0 aromatic heterocycles. The third kappa shape index (κ3) is 3.93. The van der Waals surface area contributed by atoms with Crippen LogP contribution in [0.1, 0.15) is 6.92 Å². The molecule has 0 saturated heterocycles. The molecule has 0 aliphatic heterocycles. The van der Waals surface area contributed by atoms with Crippen molar-refractivity contribution in [3.8, 4) is 0 Å². The molecule has 0 bridgehead atoms. The van der Waals surface area contributed by atoms with Crippen LogP contribution in [0.5, 0.6) is 0 Å². The van der Waals surface area contributed by atoms with Gasteiger partial charge >= 0.3 is 0 Å². The van der Waals surface area contributed by atoms with Crippen LogP contribution < -0.4 is 16.6 Å². The summed E-state index contributed by atoms with van der Waals surface area (Å²) in [4.78, 5) is 0. The zero-order valence-electron chi connectivity index (χ0n) is 5.35. The predicted molar refractivity (Wildman–Crippen MR) is 42.7 cm³/mol. The van der Waals surface area contributed by atoms with Crippen molar-refractivity contribution in [3.63, 3.8) is 0 Å². The SMILES string of the molecule is C=CC(C)NC(=S)NN. The van der Waals surface area contributed by atoms with Crippen LogP contribution >= 0.6 is 12.2 Å². The molecule has 0 rings (SSSR count). The normalized spacial score (nSPS) is 11.8. The molecule has 0 radical (unpaired) electrons. The lowest BCUT2D eigenvalue weighted by atomic mass is 10.3. The van der Waals surface area contributed by atoms with Crippen molar-refractivity contribution < 1.29 is 0 Å². The van der Waals surface area contributed by atoms with E-state index in [2.05, 4.69) is 17.3 Å². The van der Waals surface area contributed by atoms with Crippen molar-refractivity contribution in [2.45, 2.75) is 13.0 Å². The van der Waals surface area contributed by atoms with Gasteiger partial charge in [0.05, 0.1) is 0 Å². The molecule has 0 aliphatic rings. The van der Waals surface area contributed by atoms with Gasteiger partial charge < -0.3 is 10.7 Å². The van der Waals surface area contributed by atoms with Crippen LogP contribution in [0.25, 0.3) is 0 Å². The Bertz CT molecular complexity index is 113. The van der Waals surface area contributed by atoms with E-state index < -0.39 is 0 Å². The summed E-state index contributed by atoms with van der Waals surface area (Å²) in [6.45, 7) is 5.48. The van der Waals surface area contributed by atoms with Gasteiger partial charge in [0.15, 0.2) is 5.11 Å². The Labute approximate surface area is 60.3 Å². The Balaban J connectivity index is 3.46. The van der Waals surface area contributed by atoms with Crippen LogP contribution in [0, 0.1) is 0 Å². The van der Waals surface area contributed by atoms with E-state index in [0.717, 1.165) is 0 Å². The Kier molecular flexibility index (Phi) is 4.00. The first-order valence-electron chi connectivity index (χ1n) is 2.60. The topological polar surface area (TPSA) is 50.1 Å². The number of thiocarbonyl (C=S) groups is 1. The molecule has 0 heterocycles. The molecule has 3 nitrogen and oxygen atoms in total. The lowest BCUT2D eigenvalue weighted by Crippen LogP contribution is -2.43. The Hall–Kier alpha value is -0.610. The second-order valence-corrected chi connectivity index (χ2v) is 2.05. The predicted octanol–water partition coefficient (Wildman–Crippen LogP) is -0.101. The van der Waals surface area contributed by atoms with Crippen molar-refractivity contribution in [2.24, 2.45) is 5.84 Å². The molecule has 52 valence electrons. The van der Waals surface area contributed by atoms with Crippen molar-refractivity contribution in [2.75, 3.05) is 0 Å². The van der Waals surface area contributed by atoms with E-state index in [9.17, 15) is 0 Å². The fourth-order valence-corrected chi connectivity index (χ4v) is 0.493. The molecule has 0 aromatic rings. The Morgan fingerprint density at radius 3 is 2.78 bits per heavy atom. The number of hydrogen-bond acceptors (Lipinski definition) is 2. The fraction of sp³-hybridized carbons (Fsp3) is 0.400. The average Bonchev–Trinajstić information content (AvgIpc) is 1.87. The van der Waals surface area contributed by atoms with Crippen LogP contribution in [0.4, 0.5) is 0 Å². The summed E-state index contributed by atoms with van der Waals surface area (Å²) in [5.41, 5.74) is 2.30. The van der Waals surface area contributed by atoms with E-state index in [1.54, 1.807) is 6.08 Å². The van der Waals surface area contributed by atoms with Gasteiger partial charge in [-0.15, -0.1) is 6.58 Å². The average molecular weight is 145 g/mol. The molecule has 0 fully saturated rings. The summed E-state index contributed by atoms with van der Waals surface area (Å²) >= 11 is 4.70. The standard InChI is InChI=1S/C5H11N3S/c1-3-4(2)7-5(9)8-6/h3-4H,1,6H2,2H3,(H2,7,8,9). The van der Waals surface area contributed by atoms with E-state index in [0.29, 0.717) is 5.11 Å². The third-order valence-corrected chi connectivity index (χ3v) is 1.08. The summed E-state index contributed by atoms with van der Waals surface area (Å²) < 4.78 is 0. The molecule has 4 heteroatoms. The minimum atomic E-state index is 0.161. The molecule has 0 saturated carbocycles. The first kappa shape index (κ1) is 8.39. The molecular formula is C5H11N3S. The molecule has 0 amide bonds. The van der Waals surface area contributed by atoms with E-state index in [4.69, 9.17) is 18.1 Å². The molecular weight excluding hydrogens is 134 g/mol. The van der Waals surface area contributed by atoms with Crippen molar-refractivity contribution in [1.29, 1.82) is 0 Å². The van der Waals surface area contributed by atoms with Gasteiger partial charge in [0.2, 0.25) is 0 Å². The molecule has 1 atom stereocenters. The monoisotopic (exact) mass is 145 g/mol. The van der Waals surface area contributed by atoms with Gasteiger partial charge in [0.25, 0.3) is 0 Å². The molecule has 0 aliphatic carbocycles. The van der Waals surface area contributed by atoms with Crippen LogP contribution in [0.15, 0.2) is 12.7 Å². The van der Waals surface area contributed by atoms with Crippen molar-refractivity contribution >= 4 is 17.3 Å². The van der Waals surface area contributed by atoms with Crippen LogP contribution in [0.3, 0.4) is 0 Å². The molecule has 9 heavy (non-hydrogen) atoms. The fourth-order valence-electron chi connectivity index (χ4n) is 0.307. The zero-order chi connectivity index (χ0) is 7.28. The summed E-state index contributed by atoms with van der Waals surface area (Å²) in [5.74, 6) is 4.99. The highest BCUT2D eigenvalue weighted by Gasteiger charge is 1.94. The van der Waals surface area contributed by atoms with Crippen molar-refractivity contribution in [3.05, 3.63) is 12.7 Å². The molecule has 4 N–H and O–H groups in total. The van der Waals surface area contributed by atoms with Gasteiger partial charge in [-0.25, -0.2) is 5.84 Å². The quantitative estimate of drug-likeness (QED) is 0.220. The van der Waals surface area contributed by atoms with Gasteiger partial charge in [-0.05, 0) is 19.1 Å². The highest BCUT2D eigenvalue weighted by atomic mass is 32.1. The maximum atomic E-state index is 4.99. The summed E-state index contributed by atoms with van der Waals surface area (Å²) in [5, 5.41) is 3.29. The minimum Gasteiger partial charge on any atom is -0.356 e. The first-order valence-corrected chi connectivity index (χ1v) is 3.01. The van der Waals surface area contributed by atoms with Gasteiger partial charge in [0.1, 0.15) is 0 Å². The minimum absolute atomic E-state index is 0.161. The van der Waals surface area contributed by atoms with Gasteiger partial charge in [-0.1, -0.05) is 6.08 Å². The highest BCUT2D eigenvalue weighted by molar-refractivity contribution is 7.80. The Morgan fingerprint density at radius 2 is 2.44 bits per heavy atom. The molecule has 0 aromatic carbocycles. The molecule has 1 unspecified atom stereocenters. The second-order valence-electron chi connectivity index (χ2n) is 1.64. The van der Waals surface area contributed by atoms with E-state index in [-0.39, 0.29) is 6.04 Å². The summed E-state index contributed by atoms with van der Waals surface area (Å²) in [6.07, 6.45) is 1.74. The van der Waals surface area contributed by atoms with Gasteiger partial charge in [0, 0.05) is 6.04 Å². The number of hydrazine groups is 1. The first-order chi connectivity index (χ1) is 4.20. The zero-order valence-corrected chi connectivity index (χ0v) is 6.16. The number of rotatable bonds is 2. The van der Waals surface area contributed by atoms with E-state index >= 15 is 0 Å². The lowest BCUT2D eigenvalue weighted by molar-refractivity contribution is 0.784. The smallest absolute Gasteiger partial charge is 0.181 e. The highest BCUT2D eigenvalue weighted by Crippen LogP contribution is 1.79.